The van der Waals surface area contributed by atoms with Gasteiger partial charge in [-0.2, -0.15) is 14.6 Å². The van der Waals surface area contributed by atoms with E-state index in [0.717, 1.165) is 43.9 Å². The molecule has 1 fully saturated rings. The third kappa shape index (κ3) is 2.24. The lowest BCUT2D eigenvalue weighted by Crippen LogP contribution is -2.49. The molecule has 25 heavy (non-hydrogen) atoms. The molecule has 1 aliphatic carbocycles. The maximum absolute atomic E-state index is 6.35. The molecule has 0 radical (unpaired) electrons. The molecule has 1 aliphatic heterocycles. The van der Waals surface area contributed by atoms with Gasteiger partial charge in [0, 0.05) is 18.3 Å². The van der Waals surface area contributed by atoms with Crippen molar-refractivity contribution in [1.82, 2.24) is 19.6 Å². The summed E-state index contributed by atoms with van der Waals surface area (Å²) in [6.45, 7) is 4.53. The predicted octanol–water partition coefficient (Wildman–Crippen LogP) is 2.37. The highest BCUT2D eigenvalue weighted by Crippen LogP contribution is 2.42. The Bertz CT molecular complexity index is 932. The van der Waals surface area contributed by atoms with Gasteiger partial charge < -0.3 is 9.64 Å². The van der Waals surface area contributed by atoms with Gasteiger partial charge in [0.25, 0.3) is 5.78 Å². The highest BCUT2D eigenvalue weighted by atomic mass is 16.5. The highest BCUT2D eigenvalue weighted by molar-refractivity contribution is 5.50. The van der Waals surface area contributed by atoms with Crippen molar-refractivity contribution in [2.24, 2.45) is 0 Å². The van der Waals surface area contributed by atoms with E-state index in [1.165, 1.54) is 11.1 Å². The molecule has 3 heterocycles. The summed E-state index contributed by atoms with van der Waals surface area (Å²) in [6, 6.07) is 10.8. The Hall–Kier alpha value is -2.47. The predicted molar refractivity (Wildman–Crippen MR) is 94.8 cm³/mol. The molecule has 6 heteroatoms. The van der Waals surface area contributed by atoms with E-state index in [4.69, 9.17) is 4.74 Å². The van der Waals surface area contributed by atoms with Crippen LogP contribution in [0.4, 0.5) is 5.82 Å². The summed E-state index contributed by atoms with van der Waals surface area (Å²) in [5.74, 6) is 1.73. The van der Waals surface area contributed by atoms with Gasteiger partial charge in [-0.25, -0.2) is 4.98 Å². The minimum atomic E-state index is -0.211. The third-order valence-corrected chi connectivity index (χ3v) is 5.46. The van der Waals surface area contributed by atoms with E-state index < -0.39 is 0 Å². The SMILES string of the molecule is CCc1cc(N2CCOC3(CCc4ccccc43)C2)n2ncnc2n1. The van der Waals surface area contributed by atoms with Crippen LogP contribution in [0.15, 0.2) is 36.7 Å². The van der Waals surface area contributed by atoms with Crippen LogP contribution in [0.3, 0.4) is 0 Å². The van der Waals surface area contributed by atoms with Crippen LogP contribution in [0.5, 0.6) is 0 Å². The molecule has 1 spiro atoms. The molecule has 5 rings (SSSR count). The quantitative estimate of drug-likeness (QED) is 0.720. The van der Waals surface area contributed by atoms with Crippen LogP contribution in [0.2, 0.25) is 0 Å². The van der Waals surface area contributed by atoms with Gasteiger partial charge in [-0.3, -0.25) is 0 Å². The average molecular weight is 335 g/mol. The number of benzene rings is 1. The smallest absolute Gasteiger partial charge is 0.254 e. The number of morpholine rings is 1. The second-order valence-electron chi connectivity index (χ2n) is 6.85. The molecular weight excluding hydrogens is 314 g/mol. The lowest BCUT2D eigenvalue weighted by molar-refractivity contribution is -0.0595. The minimum Gasteiger partial charge on any atom is -0.367 e. The van der Waals surface area contributed by atoms with Gasteiger partial charge in [-0.05, 0) is 30.4 Å². The monoisotopic (exact) mass is 335 g/mol. The van der Waals surface area contributed by atoms with Gasteiger partial charge in [0.15, 0.2) is 0 Å². The van der Waals surface area contributed by atoms with Gasteiger partial charge in [-0.15, -0.1) is 0 Å². The van der Waals surface area contributed by atoms with Crippen LogP contribution in [-0.4, -0.2) is 39.3 Å². The van der Waals surface area contributed by atoms with Crippen molar-refractivity contribution >= 4 is 11.6 Å². The summed E-state index contributed by atoms with van der Waals surface area (Å²) in [5, 5.41) is 4.39. The van der Waals surface area contributed by atoms with Gasteiger partial charge in [-0.1, -0.05) is 31.2 Å². The van der Waals surface area contributed by atoms with Crippen molar-refractivity contribution in [3.8, 4) is 0 Å². The molecule has 1 atom stereocenters. The van der Waals surface area contributed by atoms with Gasteiger partial charge in [0.2, 0.25) is 0 Å². The molecule has 1 saturated heterocycles. The first-order chi connectivity index (χ1) is 12.3. The largest absolute Gasteiger partial charge is 0.367 e. The summed E-state index contributed by atoms with van der Waals surface area (Å²) >= 11 is 0. The van der Waals surface area contributed by atoms with Crippen LogP contribution in [-0.2, 0) is 23.2 Å². The summed E-state index contributed by atoms with van der Waals surface area (Å²) in [5.41, 5.74) is 3.60. The minimum absolute atomic E-state index is 0.211. The maximum atomic E-state index is 6.35. The number of hydrogen-bond acceptors (Lipinski definition) is 5. The number of rotatable bonds is 2. The van der Waals surface area contributed by atoms with E-state index in [1.807, 2.05) is 4.52 Å². The van der Waals surface area contributed by atoms with Crippen molar-refractivity contribution in [1.29, 1.82) is 0 Å². The van der Waals surface area contributed by atoms with Gasteiger partial charge in [0.05, 0.1) is 13.2 Å². The Balaban J connectivity index is 1.57. The fraction of sp³-hybridized carbons (Fsp3) is 0.421. The molecule has 0 bridgehead atoms. The Morgan fingerprint density at radius 3 is 3.12 bits per heavy atom. The average Bonchev–Trinajstić information content (AvgIpc) is 3.27. The first-order valence-corrected chi connectivity index (χ1v) is 8.96. The molecule has 2 aromatic heterocycles. The van der Waals surface area contributed by atoms with Crippen molar-refractivity contribution in [2.45, 2.75) is 31.8 Å². The summed E-state index contributed by atoms with van der Waals surface area (Å²) < 4.78 is 8.20. The van der Waals surface area contributed by atoms with E-state index in [-0.39, 0.29) is 5.60 Å². The molecule has 0 amide bonds. The third-order valence-electron chi connectivity index (χ3n) is 5.46. The van der Waals surface area contributed by atoms with E-state index in [0.29, 0.717) is 12.4 Å². The van der Waals surface area contributed by atoms with Crippen molar-refractivity contribution in [3.63, 3.8) is 0 Å². The topological polar surface area (TPSA) is 55.6 Å². The summed E-state index contributed by atoms with van der Waals surface area (Å²) in [7, 11) is 0. The highest BCUT2D eigenvalue weighted by Gasteiger charge is 2.43. The van der Waals surface area contributed by atoms with E-state index in [1.54, 1.807) is 6.33 Å². The Morgan fingerprint density at radius 2 is 2.20 bits per heavy atom. The van der Waals surface area contributed by atoms with Crippen molar-refractivity contribution in [2.75, 3.05) is 24.6 Å². The number of aryl methyl sites for hydroxylation is 2. The number of anilines is 1. The zero-order valence-electron chi connectivity index (χ0n) is 14.4. The van der Waals surface area contributed by atoms with Crippen LogP contribution in [0.25, 0.3) is 5.78 Å². The van der Waals surface area contributed by atoms with E-state index >= 15 is 0 Å². The molecule has 128 valence electrons. The normalized spacial score (nSPS) is 22.7. The second kappa shape index (κ2) is 5.52. The summed E-state index contributed by atoms with van der Waals surface area (Å²) in [4.78, 5) is 11.2. The molecule has 0 N–H and O–H groups in total. The Labute approximate surface area is 146 Å². The van der Waals surface area contributed by atoms with Crippen LogP contribution in [0, 0.1) is 0 Å². The maximum Gasteiger partial charge on any atom is 0.254 e. The van der Waals surface area contributed by atoms with Gasteiger partial charge >= 0.3 is 0 Å². The molecule has 2 aliphatic rings. The lowest BCUT2D eigenvalue weighted by Gasteiger charge is -2.42. The van der Waals surface area contributed by atoms with Crippen molar-refractivity contribution < 1.29 is 4.74 Å². The number of hydrogen-bond donors (Lipinski definition) is 0. The van der Waals surface area contributed by atoms with Crippen molar-refractivity contribution in [3.05, 3.63) is 53.5 Å². The fourth-order valence-corrected chi connectivity index (χ4v) is 4.20. The van der Waals surface area contributed by atoms with Crippen LogP contribution in [0.1, 0.15) is 30.2 Å². The van der Waals surface area contributed by atoms with Gasteiger partial charge in [0.1, 0.15) is 17.7 Å². The first kappa shape index (κ1) is 14.8. The standard InChI is InChI=1S/C19H21N5O/c1-2-15-11-17(24-18(22-15)20-13-21-24)23-9-10-25-19(12-23)8-7-14-5-3-4-6-16(14)19/h3-6,11,13H,2,7-10,12H2,1H3. The van der Waals surface area contributed by atoms with Crippen LogP contribution >= 0.6 is 0 Å². The van der Waals surface area contributed by atoms with E-state index in [2.05, 4.69) is 57.2 Å². The molecule has 3 aromatic rings. The molecule has 1 unspecified atom stereocenters. The zero-order chi connectivity index (χ0) is 16.9. The molecule has 6 nitrogen and oxygen atoms in total. The number of fused-ring (bicyclic) bond motifs is 3. The van der Waals surface area contributed by atoms with E-state index in [9.17, 15) is 0 Å². The molecular formula is C19H21N5O. The first-order valence-electron chi connectivity index (χ1n) is 8.96. The number of ether oxygens (including phenoxy) is 1. The zero-order valence-corrected chi connectivity index (χ0v) is 14.4. The Morgan fingerprint density at radius 1 is 1.28 bits per heavy atom. The number of nitrogens with zero attached hydrogens (tertiary/aromatic N) is 5. The number of aromatic nitrogens is 4. The fourth-order valence-electron chi connectivity index (χ4n) is 4.20. The summed E-state index contributed by atoms with van der Waals surface area (Å²) in [6.07, 6.45) is 4.58. The van der Waals surface area contributed by atoms with Crippen LogP contribution < -0.4 is 4.90 Å². The lowest BCUT2D eigenvalue weighted by atomic mass is 9.93. The second-order valence-corrected chi connectivity index (χ2v) is 6.85. The molecule has 0 saturated carbocycles. The molecule has 1 aromatic carbocycles. The Kier molecular flexibility index (Phi) is 3.28.